The van der Waals surface area contributed by atoms with Crippen LogP contribution in [0.4, 0.5) is 0 Å². The first-order chi connectivity index (χ1) is 11.9. The van der Waals surface area contributed by atoms with Gasteiger partial charge in [-0.1, -0.05) is 30.3 Å². The van der Waals surface area contributed by atoms with Crippen LogP contribution in [0.15, 0.2) is 48.5 Å². The van der Waals surface area contributed by atoms with Gasteiger partial charge in [0.25, 0.3) is 0 Å². The quantitative estimate of drug-likeness (QED) is 0.587. The number of fused-ring (bicyclic) bond motifs is 4. The van der Waals surface area contributed by atoms with E-state index in [9.17, 15) is 0 Å². The van der Waals surface area contributed by atoms with E-state index in [-0.39, 0.29) is 0 Å². The molecule has 1 aliphatic rings. The predicted octanol–water partition coefficient (Wildman–Crippen LogP) is 4.64. The number of aromatic amines is 1. The summed E-state index contributed by atoms with van der Waals surface area (Å²) >= 11 is 0. The van der Waals surface area contributed by atoms with Crippen LogP contribution in [0.3, 0.4) is 0 Å². The second-order valence-corrected chi connectivity index (χ2v) is 6.75. The average molecular weight is 315 g/mol. The Bertz CT molecular complexity index is 989. The number of nitrogens with zero attached hydrogens (tertiary/aromatic N) is 2. The molecule has 3 heteroatoms. The second-order valence-electron chi connectivity index (χ2n) is 6.75. The van der Waals surface area contributed by atoms with Gasteiger partial charge in [-0.15, -0.1) is 0 Å². The molecule has 1 N–H and O–H groups in total. The number of aryl methyl sites for hydroxylation is 3. The molecule has 3 nitrogen and oxygen atoms in total. The Balaban J connectivity index is 1.52. The van der Waals surface area contributed by atoms with E-state index >= 15 is 0 Å². The van der Waals surface area contributed by atoms with Gasteiger partial charge < -0.3 is 9.55 Å². The maximum atomic E-state index is 4.74. The molecule has 0 unspecified atom stereocenters. The molecule has 0 saturated carbocycles. The van der Waals surface area contributed by atoms with E-state index in [4.69, 9.17) is 4.98 Å². The van der Waals surface area contributed by atoms with E-state index in [1.54, 1.807) is 11.3 Å². The van der Waals surface area contributed by atoms with Crippen LogP contribution in [0.5, 0.6) is 0 Å². The molecule has 0 aliphatic heterocycles. The zero-order chi connectivity index (χ0) is 15.9. The summed E-state index contributed by atoms with van der Waals surface area (Å²) in [5.74, 6) is 1.08. The molecule has 0 spiro atoms. The fraction of sp³-hybridized carbons (Fsp3) is 0.286. The van der Waals surface area contributed by atoms with Crippen LogP contribution in [0, 0.1) is 0 Å². The summed E-state index contributed by atoms with van der Waals surface area (Å²) in [6, 6.07) is 17.2. The summed E-state index contributed by atoms with van der Waals surface area (Å²) < 4.78 is 2.54. The summed E-state index contributed by atoms with van der Waals surface area (Å²) in [5.41, 5.74) is 6.72. The Hall–Kier alpha value is -2.55. The van der Waals surface area contributed by atoms with Crippen molar-refractivity contribution in [1.29, 1.82) is 0 Å². The summed E-state index contributed by atoms with van der Waals surface area (Å²) in [4.78, 5) is 8.20. The highest BCUT2D eigenvalue weighted by molar-refractivity contribution is 5.85. The van der Waals surface area contributed by atoms with Gasteiger partial charge in [0.1, 0.15) is 5.82 Å². The Morgan fingerprint density at radius 1 is 0.958 bits per heavy atom. The zero-order valence-electron chi connectivity index (χ0n) is 13.8. The zero-order valence-corrected chi connectivity index (χ0v) is 13.8. The molecule has 1 aliphatic carbocycles. The van der Waals surface area contributed by atoms with E-state index in [1.807, 2.05) is 6.07 Å². The lowest BCUT2D eigenvalue weighted by Gasteiger charge is -2.15. The number of hydrogen-bond donors (Lipinski definition) is 1. The van der Waals surface area contributed by atoms with Crippen molar-refractivity contribution >= 4 is 21.9 Å². The Labute approximate surface area is 141 Å². The third-order valence-electron chi connectivity index (χ3n) is 5.30. The molecule has 0 bridgehead atoms. The molecule has 0 saturated heterocycles. The second kappa shape index (κ2) is 5.52. The normalized spacial score (nSPS) is 14.3. The van der Waals surface area contributed by atoms with E-state index in [2.05, 4.69) is 52.0 Å². The number of benzene rings is 2. The number of hydrogen-bond acceptors (Lipinski definition) is 1. The van der Waals surface area contributed by atoms with Crippen molar-refractivity contribution in [3.63, 3.8) is 0 Å². The lowest BCUT2D eigenvalue weighted by molar-refractivity contribution is 0.607. The van der Waals surface area contributed by atoms with Gasteiger partial charge in [0.05, 0.1) is 11.0 Å². The topological polar surface area (TPSA) is 33.6 Å². The van der Waals surface area contributed by atoms with Crippen LogP contribution < -0.4 is 0 Å². The van der Waals surface area contributed by atoms with Gasteiger partial charge in [-0.3, -0.25) is 0 Å². The first-order valence-corrected chi connectivity index (χ1v) is 8.93. The molecule has 24 heavy (non-hydrogen) atoms. The van der Waals surface area contributed by atoms with Crippen LogP contribution in [0.25, 0.3) is 21.9 Å². The van der Waals surface area contributed by atoms with Crippen LogP contribution in [0.1, 0.15) is 29.9 Å². The lowest BCUT2D eigenvalue weighted by Crippen LogP contribution is -2.10. The Morgan fingerprint density at radius 3 is 2.75 bits per heavy atom. The van der Waals surface area contributed by atoms with E-state index in [0.717, 1.165) is 29.8 Å². The minimum atomic E-state index is 0.944. The monoisotopic (exact) mass is 315 g/mol. The van der Waals surface area contributed by atoms with Crippen LogP contribution in [-0.4, -0.2) is 14.5 Å². The molecule has 2 heterocycles. The molecule has 0 radical (unpaired) electrons. The Kier molecular flexibility index (Phi) is 3.18. The molecule has 4 aromatic rings. The first kappa shape index (κ1) is 13.8. The largest absolute Gasteiger partial charge is 0.344 e. The van der Waals surface area contributed by atoms with Crippen molar-refractivity contribution < 1.29 is 0 Å². The smallest absolute Gasteiger partial charge is 0.109 e. The molecule has 5 rings (SSSR count). The number of H-pyrrole nitrogens is 1. The Morgan fingerprint density at radius 2 is 1.79 bits per heavy atom. The van der Waals surface area contributed by atoms with Gasteiger partial charge in [0.15, 0.2) is 0 Å². The summed E-state index contributed by atoms with van der Waals surface area (Å²) in [5, 5.41) is 1.46. The van der Waals surface area contributed by atoms with Crippen LogP contribution in [0.2, 0.25) is 0 Å². The first-order valence-electron chi connectivity index (χ1n) is 8.93. The number of para-hydroxylation sites is 3. The van der Waals surface area contributed by atoms with Gasteiger partial charge in [-0.05, 0) is 49.4 Å². The predicted molar refractivity (Wildman–Crippen MR) is 98.4 cm³/mol. The lowest BCUT2D eigenvalue weighted by atomic mass is 9.95. The van der Waals surface area contributed by atoms with Crippen molar-refractivity contribution in [1.82, 2.24) is 14.5 Å². The van der Waals surface area contributed by atoms with Gasteiger partial charge >= 0.3 is 0 Å². The number of nitrogens with one attached hydrogen (secondary N) is 1. The third-order valence-corrected chi connectivity index (χ3v) is 5.30. The third kappa shape index (κ3) is 2.15. The number of imidazole rings is 1. The maximum absolute atomic E-state index is 4.74. The number of aromatic nitrogens is 3. The van der Waals surface area contributed by atoms with Gasteiger partial charge in [0, 0.05) is 29.6 Å². The van der Waals surface area contributed by atoms with Crippen molar-refractivity contribution in [3.8, 4) is 0 Å². The molecule has 120 valence electrons. The van der Waals surface area contributed by atoms with Gasteiger partial charge in [-0.25, -0.2) is 4.98 Å². The highest BCUT2D eigenvalue weighted by Crippen LogP contribution is 2.32. The average Bonchev–Trinajstić information content (AvgIpc) is 3.19. The van der Waals surface area contributed by atoms with Crippen molar-refractivity contribution in [2.24, 2.45) is 0 Å². The van der Waals surface area contributed by atoms with E-state index < -0.39 is 0 Å². The van der Waals surface area contributed by atoms with Crippen LogP contribution >= 0.6 is 0 Å². The minimum absolute atomic E-state index is 0.944. The molecular weight excluding hydrogens is 294 g/mol. The molecule has 0 fully saturated rings. The van der Waals surface area contributed by atoms with Gasteiger partial charge in [0.2, 0.25) is 0 Å². The molecular formula is C21H21N3. The van der Waals surface area contributed by atoms with E-state index in [1.165, 1.54) is 36.6 Å². The van der Waals surface area contributed by atoms with E-state index in [0.29, 0.717) is 0 Å². The highest BCUT2D eigenvalue weighted by Gasteiger charge is 2.19. The maximum Gasteiger partial charge on any atom is 0.109 e. The molecule has 2 aromatic carbocycles. The number of rotatable bonds is 3. The summed E-state index contributed by atoms with van der Waals surface area (Å²) in [6.45, 7) is 0.996. The van der Waals surface area contributed by atoms with Crippen molar-refractivity contribution in [3.05, 3.63) is 65.6 Å². The fourth-order valence-corrected chi connectivity index (χ4v) is 4.18. The van der Waals surface area contributed by atoms with Crippen molar-refractivity contribution in [2.45, 2.75) is 38.6 Å². The molecule has 2 aromatic heterocycles. The minimum Gasteiger partial charge on any atom is -0.344 e. The molecule has 0 atom stereocenters. The standard InChI is InChI=1S/C21H21N3/c1-5-11-19-15(7-1)16-8-2-6-12-20(16)24(19)14-13-21-22-17-9-3-4-10-18(17)23-21/h1,3-5,7,9-11H,2,6,8,12-14H2,(H,22,23). The SMILES string of the molecule is c1ccc2[nH]c(CCn3c4c(c5ccccc53)CCCC4)nc2c1. The van der Waals surface area contributed by atoms with Crippen molar-refractivity contribution in [2.75, 3.05) is 0 Å². The summed E-state index contributed by atoms with van der Waals surface area (Å²) in [6.07, 6.45) is 6.02. The molecule has 0 amide bonds. The van der Waals surface area contributed by atoms with Crippen LogP contribution in [-0.2, 0) is 25.8 Å². The highest BCUT2D eigenvalue weighted by atomic mass is 15.0. The van der Waals surface area contributed by atoms with Gasteiger partial charge in [-0.2, -0.15) is 0 Å². The fourth-order valence-electron chi connectivity index (χ4n) is 4.18. The summed E-state index contributed by atoms with van der Waals surface area (Å²) in [7, 11) is 0.